The van der Waals surface area contributed by atoms with Crippen LogP contribution in [0.2, 0.25) is 5.02 Å². The van der Waals surface area contributed by atoms with Gasteiger partial charge in [-0.2, -0.15) is 0 Å². The number of hydrogen-bond donors (Lipinski definition) is 1. The Hall–Kier alpha value is -3.86. The molecule has 0 saturated heterocycles. The van der Waals surface area contributed by atoms with Crippen LogP contribution in [0.25, 0.3) is 0 Å². The van der Waals surface area contributed by atoms with Crippen LogP contribution in [-0.2, 0) is 32.6 Å². The number of halogens is 2. The lowest BCUT2D eigenvalue weighted by Crippen LogP contribution is -2.54. The fourth-order valence-electron chi connectivity index (χ4n) is 4.90. The van der Waals surface area contributed by atoms with Gasteiger partial charge in [-0.15, -0.1) is 0 Å². The summed E-state index contributed by atoms with van der Waals surface area (Å²) in [5, 5.41) is 3.43. The van der Waals surface area contributed by atoms with E-state index in [4.69, 9.17) is 16.3 Å². The van der Waals surface area contributed by atoms with Gasteiger partial charge in [0.2, 0.25) is 11.8 Å². The third-order valence-electron chi connectivity index (χ3n) is 7.06. The lowest BCUT2D eigenvalue weighted by Gasteiger charge is -2.34. The minimum Gasteiger partial charge on any atom is -0.494 e. The Labute approximate surface area is 284 Å². The molecular formula is C35H37BrClN3O5S. The Morgan fingerprint density at radius 3 is 2.15 bits per heavy atom. The highest BCUT2D eigenvalue weighted by Crippen LogP contribution is 2.28. The molecule has 0 fully saturated rings. The number of nitrogens with one attached hydrogen (secondary N) is 1. The fraction of sp³-hybridized carbons (Fsp3) is 0.257. The topological polar surface area (TPSA) is 96.0 Å². The van der Waals surface area contributed by atoms with Crippen molar-refractivity contribution in [3.63, 3.8) is 0 Å². The molecule has 0 aliphatic rings. The molecule has 0 aromatic heterocycles. The maximum atomic E-state index is 14.5. The number of amides is 2. The number of benzene rings is 4. The van der Waals surface area contributed by atoms with Crippen LogP contribution in [0, 0.1) is 0 Å². The lowest BCUT2D eigenvalue weighted by molar-refractivity contribution is -0.140. The highest BCUT2D eigenvalue weighted by Gasteiger charge is 2.35. The number of carbonyl (C=O) groups is 2. The van der Waals surface area contributed by atoms with Gasteiger partial charge in [-0.25, -0.2) is 8.42 Å². The Morgan fingerprint density at radius 2 is 1.54 bits per heavy atom. The summed E-state index contributed by atoms with van der Waals surface area (Å²) < 4.78 is 35.7. The van der Waals surface area contributed by atoms with Crippen LogP contribution in [0.4, 0.5) is 5.69 Å². The summed E-state index contributed by atoms with van der Waals surface area (Å²) in [6.45, 7) is 5.45. The van der Waals surface area contributed by atoms with Crippen molar-refractivity contribution in [2.75, 3.05) is 17.5 Å². The molecule has 46 heavy (non-hydrogen) atoms. The van der Waals surface area contributed by atoms with Crippen molar-refractivity contribution in [2.24, 2.45) is 0 Å². The Kier molecular flexibility index (Phi) is 12.3. The van der Waals surface area contributed by atoms with Crippen molar-refractivity contribution in [3.8, 4) is 5.75 Å². The molecule has 0 heterocycles. The van der Waals surface area contributed by atoms with E-state index in [1.54, 1.807) is 54.6 Å². The average molecular weight is 727 g/mol. The second-order valence-corrected chi connectivity index (χ2v) is 14.1. The number of rotatable bonds is 14. The quantitative estimate of drug-likeness (QED) is 0.153. The van der Waals surface area contributed by atoms with Crippen LogP contribution in [0.3, 0.4) is 0 Å². The van der Waals surface area contributed by atoms with Crippen molar-refractivity contribution in [1.82, 2.24) is 10.2 Å². The van der Waals surface area contributed by atoms with Crippen molar-refractivity contribution < 1.29 is 22.7 Å². The third-order valence-corrected chi connectivity index (χ3v) is 9.61. The van der Waals surface area contributed by atoms with Crippen molar-refractivity contribution in [3.05, 3.63) is 124 Å². The van der Waals surface area contributed by atoms with E-state index in [0.717, 1.165) is 9.87 Å². The van der Waals surface area contributed by atoms with E-state index in [1.165, 1.54) is 17.0 Å². The zero-order valence-electron chi connectivity index (χ0n) is 25.9. The number of nitrogens with zero attached hydrogens (tertiary/aromatic N) is 2. The summed E-state index contributed by atoms with van der Waals surface area (Å²) in [6.07, 6.45) is 0.216. The summed E-state index contributed by atoms with van der Waals surface area (Å²) in [5.41, 5.74) is 1.81. The van der Waals surface area contributed by atoms with E-state index >= 15 is 0 Å². The molecule has 0 radical (unpaired) electrons. The first-order chi connectivity index (χ1) is 22.0. The molecular weight excluding hydrogens is 690 g/mol. The number of carbonyl (C=O) groups excluding carboxylic acids is 2. The number of hydrogen-bond acceptors (Lipinski definition) is 5. The monoisotopic (exact) mass is 725 g/mol. The predicted molar refractivity (Wildman–Crippen MR) is 185 cm³/mol. The maximum absolute atomic E-state index is 14.5. The van der Waals surface area contributed by atoms with Crippen molar-refractivity contribution in [2.45, 2.75) is 50.7 Å². The number of sulfonamides is 1. The smallest absolute Gasteiger partial charge is 0.264 e. The number of ether oxygens (including phenoxy) is 1. The number of anilines is 1. The van der Waals surface area contributed by atoms with Gasteiger partial charge >= 0.3 is 0 Å². The molecule has 2 amide bonds. The minimum absolute atomic E-state index is 0.0113. The third kappa shape index (κ3) is 9.34. The van der Waals surface area contributed by atoms with Crippen LogP contribution in [-0.4, -0.2) is 50.4 Å². The molecule has 8 nitrogen and oxygen atoms in total. The molecule has 1 unspecified atom stereocenters. The zero-order chi connectivity index (χ0) is 33.3. The van der Waals surface area contributed by atoms with Gasteiger partial charge in [-0.05, 0) is 92.6 Å². The first kappa shape index (κ1) is 35.0. The molecule has 1 N–H and O–H groups in total. The van der Waals surface area contributed by atoms with E-state index in [2.05, 4.69) is 21.2 Å². The Morgan fingerprint density at radius 1 is 0.891 bits per heavy atom. The van der Waals surface area contributed by atoms with Crippen LogP contribution in [0.15, 0.2) is 112 Å². The van der Waals surface area contributed by atoms with Gasteiger partial charge < -0.3 is 15.0 Å². The average Bonchev–Trinajstić information content (AvgIpc) is 3.02. The lowest BCUT2D eigenvalue weighted by atomic mass is 10.0. The van der Waals surface area contributed by atoms with Gasteiger partial charge in [0.25, 0.3) is 10.0 Å². The summed E-state index contributed by atoms with van der Waals surface area (Å²) in [7, 11) is -4.23. The van der Waals surface area contributed by atoms with Crippen LogP contribution >= 0.6 is 27.5 Å². The zero-order valence-corrected chi connectivity index (χ0v) is 29.1. The normalized spacial score (nSPS) is 12.0. The molecule has 0 saturated carbocycles. The van der Waals surface area contributed by atoms with Gasteiger partial charge in [0.1, 0.15) is 18.3 Å². The highest BCUT2D eigenvalue weighted by molar-refractivity contribution is 9.10. The van der Waals surface area contributed by atoms with Gasteiger partial charge in [0.05, 0.1) is 17.2 Å². The molecule has 0 spiro atoms. The van der Waals surface area contributed by atoms with Gasteiger partial charge in [-0.1, -0.05) is 70.0 Å². The molecule has 4 aromatic rings. The van der Waals surface area contributed by atoms with E-state index < -0.39 is 28.5 Å². The second-order valence-electron chi connectivity index (χ2n) is 10.9. The molecule has 0 aliphatic heterocycles. The van der Waals surface area contributed by atoms with Crippen molar-refractivity contribution in [1.29, 1.82) is 0 Å². The molecule has 0 bridgehead atoms. The van der Waals surface area contributed by atoms with Gasteiger partial charge in [-0.3, -0.25) is 13.9 Å². The molecule has 0 aliphatic carbocycles. The minimum atomic E-state index is -4.23. The largest absolute Gasteiger partial charge is 0.494 e. The summed E-state index contributed by atoms with van der Waals surface area (Å²) in [5.74, 6) is -0.346. The Balaban J connectivity index is 1.80. The van der Waals surface area contributed by atoms with Crippen molar-refractivity contribution >= 4 is 55.1 Å². The maximum Gasteiger partial charge on any atom is 0.264 e. The summed E-state index contributed by atoms with van der Waals surface area (Å²) in [4.78, 5) is 29.7. The first-order valence-corrected chi connectivity index (χ1v) is 17.5. The van der Waals surface area contributed by atoms with E-state index in [0.29, 0.717) is 27.4 Å². The van der Waals surface area contributed by atoms with Crippen LogP contribution in [0.5, 0.6) is 5.75 Å². The molecule has 4 rings (SSSR count). The van der Waals surface area contributed by atoms with Gasteiger partial charge in [0, 0.05) is 28.5 Å². The van der Waals surface area contributed by atoms with E-state index in [-0.39, 0.29) is 35.5 Å². The van der Waals surface area contributed by atoms with Crippen LogP contribution < -0.4 is 14.4 Å². The van der Waals surface area contributed by atoms with Gasteiger partial charge in [0.15, 0.2) is 0 Å². The molecule has 4 aromatic carbocycles. The predicted octanol–water partition coefficient (Wildman–Crippen LogP) is 6.86. The summed E-state index contributed by atoms with van der Waals surface area (Å²) in [6, 6.07) is 28.0. The highest BCUT2D eigenvalue weighted by atomic mass is 79.9. The van der Waals surface area contributed by atoms with Crippen LogP contribution in [0.1, 0.15) is 31.9 Å². The fourth-order valence-corrected chi connectivity index (χ4v) is 6.80. The van der Waals surface area contributed by atoms with E-state index in [9.17, 15) is 18.0 Å². The molecule has 242 valence electrons. The second kappa shape index (κ2) is 16.1. The SMILES string of the molecule is CCOc1ccc(N(CC(=O)N(Cc2cccc(Cl)c2)C(Cc2ccccc2)C(=O)NC(C)C)S(=O)(=O)c2ccc(Br)cc2)cc1. The Bertz CT molecular complexity index is 1720. The first-order valence-electron chi connectivity index (χ1n) is 14.9. The molecule has 11 heteroatoms. The summed E-state index contributed by atoms with van der Waals surface area (Å²) >= 11 is 9.66. The standard InChI is InChI=1S/C35H37BrClN3O5S/c1-4-45-31-17-15-30(16-18-31)40(46(43,44)32-19-13-28(36)14-20-32)24-34(41)39(23-27-11-8-12-29(37)21-27)33(35(42)38-25(2)3)22-26-9-6-5-7-10-26/h5-21,25,33H,4,22-24H2,1-3H3,(H,38,42). The molecule has 1 atom stereocenters. The van der Waals surface area contributed by atoms with E-state index in [1.807, 2.05) is 57.2 Å².